The number of unbranched alkanes of at least 4 members (excludes halogenated alkanes) is 20. The Bertz CT molecular complexity index is 895. The van der Waals surface area contributed by atoms with Gasteiger partial charge < -0.3 is 15.4 Å². The lowest BCUT2D eigenvalue weighted by molar-refractivity contribution is -0.697. The summed E-state index contributed by atoms with van der Waals surface area (Å²) in [7, 11) is 0. The van der Waals surface area contributed by atoms with E-state index in [1.54, 1.807) is 0 Å². The van der Waals surface area contributed by atoms with Crippen molar-refractivity contribution in [3.63, 3.8) is 0 Å². The van der Waals surface area contributed by atoms with Gasteiger partial charge in [0, 0.05) is 37.9 Å². The number of carbonyl (C=O) groups is 3. The fraction of sp³-hybridized carbons (Fsp3) is 0.805. The molecule has 1 rings (SSSR count). The maximum atomic E-state index is 12.9. The lowest BCUT2D eigenvalue weighted by atomic mass is 10.1. The highest BCUT2D eigenvalue weighted by atomic mass is 16.5. The van der Waals surface area contributed by atoms with Gasteiger partial charge in [0.25, 0.3) is 0 Å². The lowest BCUT2D eigenvalue weighted by Crippen LogP contribution is -2.42. The van der Waals surface area contributed by atoms with Crippen molar-refractivity contribution in [2.75, 3.05) is 13.2 Å². The second-order valence-electron chi connectivity index (χ2n) is 13.8. The molecule has 0 aliphatic carbocycles. The predicted octanol–water partition coefficient (Wildman–Crippen LogP) is 9.69. The molecular formula is C41H74N3O4+. The van der Waals surface area contributed by atoms with Crippen LogP contribution in [0.25, 0.3) is 0 Å². The molecule has 0 bridgehead atoms. The topological polar surface area (TPSA) is 88.4 Å². The fourth-order valence-electron chi connectivity index (χ4n) is 6.10. The van der Waals surface area contributed by atoms with Gasteiger partial charge in [0.1, 0.15) is 12.6 Å². The minimum atomic E-state index is -0.610. The molecule has 1 aromatic rings. The number of rotatable bonds is 34. The van der Waals surface area contributed by atoms with Crippen molar-refractivity contribution in [1.82, 2.24) is 10.6 Å². The molecule has 7 heteroatoms. The molecule has 2 N–H and O–H groups in total. The van der Waals surface area contributed by atoms with Crippen molar-refractivity contribution >= 4 is 17.8 Å². The van der Waals surface area contributed by atoms with E-state index in [-0.39, 0.29) is 17.8 Å². The van der Waals surface area contributed by atoms with Gasteiger partial charge in [-0.3, -0.25) is 9.59 Å². The van der Waals surface area contributed by atoms with Crippen molar-refractivity contribution in [2.45, 2.75) is 200 Å². The van der Waals surface area contributed by atoms with Crippen LogP contribution in [0.4, 0.5) is 0 Å². The molecule has 0 fully saturated rings. The van der Waals surface area contributed by atoms with Crippen LogP contribution in [0.3, 0.4) is 0 Å². The van der Waals surface area contributed by atoms with Gasteiger partial charge in [-0.2, -0.15) is 0 Å². The van der Waals surface area contributed by atoms with Gasteiger partial charge >= 0.3 is 5.97 Å². The molecular weight excluding hydrogens is 598 g/mol. The van der Waals surface area contributed by atoms with Gasteiger partial charge in [0.05, 0.1) is 6.61 Å². The molecule has 1 unspecified atom stereocenters. The Kier molecular flexibility index (Phi) is 30.0. The maximum absolute atomic E-state index is 12.9. The molecule has 0 radical (unpaired) electrons. The molecule has 0 aliphatic rings. The summed E-state index contributed by atoms with van der Waals surface area (Å²) >= 11 is 0. The van der Waals surface area contributed by atoms with Crippen LogP contribution in [0.15, 0.2) is 30.6 Å². The van der Waals surface area contributed by atoms with Crippen LogP contribution in [-0.4, -0.2) is 37.0 Å². The molecule has 7 nitrogen and oxygen atoms in total. The summed E-state index contributed by atoms with van der Waals surface area (Å²) in [6.07, 6.45) is 33.4. The van der Waals surface area contributed by atoms with Crippen LogP contribution in [-0.2, 0) is 25.7 Å². The second kappa shape index (κ2) is 33.1. The van der Waals surface area contributed by atoms with Crippen LogP contribution >= 0.6 is 0 Å². The minimum Gasteiger partial charge on any atom is -0.464 e. The number of hydrogen-bond donors (Lipinski definition) is 2. The smallest absolute Gasteiger partial charge is 0.328 e. The molecule has 48 heavy (non-hydrogen) atoms. The number of nitrogens with zero attached hydrogens (tertiary/aromatic N) is 1. The molecule has 276 valence electrons. The number of nitrogens with one attached hydrogen (secondary N) is 2. The molecule has 1 heterocycles. The Morgan fingerprint density at radius 1 is 0.562 bits per heavy atom. The summed E-state index contributed by atoms with van der Waals surface area (Å²) in [6, 6.07) is 5.61. The maximum Gasteiger partial charge on any atom is 0.328 e. The molecule has 0 aromatic carbocycles. The van der Waals surface area contributed by atoms with E-state index in [2.05, 4.69) is 59.6 Å². The van der Waals surface area contributed by atoms with Crippen molar-refractivity contribution in [3.8, 4) is 0 Å². The highest BCUT2D eigenvalue weighted by Crippen LogP contribution is 2.12. The molecule has 0 saturated heterocycles. The zero-order valence-corrected chi connectivity index (χ0v) is 31.3. The highest BCUT2D eigenvalue weighted by molar-refractivity contribution is 5.84. The number of esters is 1. The summed E-state index contributed by atoms with van der Waals surface area (Å²) in [5.74, 6) is -0.270. The molecule has 2 amide bonds. The summed E-state index contributed by atoms with van der Waals surface area (Å²) in [5, 5.41) is 5.98. The third kappa shape index (κ3) is 27.5. The highest BCUT2D eigenvalue weighted by Gasteiger charge is 2.21. The summed E-state index contributed by atoms with van der Waals surface area (Å²) < 4.78 is 7.87. The molecule has 0 saturated carbocycles. The standard InChI is InChI=1S/C41H73N3O4/c1-3-5-7-9-10-12-15-18-23-31-39(45)42-33-25-24-30-38(43-40(46)32-22-8-6-4-2)41(47)48-37-29-20-17-14-11-13-16-19-26-34-44-35-27-21-28-36-44/h21,27-28,35-36,38H,3-20,22-26,29-34,37H2,1-2H3,(H-,42,43,45,46)/p+1. The summed E-state index contributed by atoms with van der Waals surface area (Å²) in [5.41, 5.74) is 0. The van der Waals surface area contributed by atoms with E-state index in [9.17, 15) is 14.4 Å². The number of aryl methyl sites for hydroxylation is 1. The second-order valence-corrected chi connectivity index (χ2v) is 13.8. The Balaban J connectivity index is 2.17. The number of aromatic nitrogens is 1. The first-order chi connectivity index (χ1) is 23.6. The Labute approximate surface area is 295 Å². The van der Waals surface area contributed by atoms with E-state index < -0.39 is 6.04 Å². The van der Waals surface area contributed by atoms with E-state index in [4.69, 9.17) is 4.74 Å². The summed E-state index contributed by atoms with van der Waals surface area (Å²) in [6.45, 7) is 6.51. The molecule has 1 aromatic heterocycles. The monoisotopic (exact) mass is 673 g/mol. The van der Waals surface area contributed by atoms with Gasteiger partial charge in [-0.05, 0) is 44.9 Å². The zero-order valence-electron chi connectivity index (χ0n) is 31.3. The van der Waals surface area contributed by atoms with E-state index >= 15 is 0 Å². The van der Waals surface area contributed by atoms with Crippen molar-refractivity contribution in [1.29, 1.82) is 0 Å². The Hall–Kier alpha value is -2.44. The van der Waals surface area contributed by atoms with Gasteiger partial charge in [-0.1, -0.05) is 129 Å². The van der Waals surface area contributed by atoms with E-state index in [0.29, 0.717) is 32.4 Å². The third-order valence-corrected chi connectivity index (χ3v) is 9.21. The molecule has 0 spiro atoms. The predicted molar refractivity (Wildman–Crippen MR) is 199 cm³/mol. The van der Waals surface area contributed by atoms with E-state index in [1.807, 2.05) is 0 Å². The molecule has 1 atom stereocenters. The van der Waals surface area contributed by atoms with E-state index in [0.717, 1.165) is 70.8 Å². The first kappa shape index (κ1) is 43.6. The first-order valence-corrected chi connectivity index (χ1v) is 20.2. The largest absolute Gasteiger partial charge is 0.464 e. The van der Waals surface area contributed by atoms with Crippen LogP contribution in [0.5, 0.6) is 0 Å². The van der Waals surface area contributed by atoms with Crippen molar-refractivity contribution < 1.29 is 23.7 Å². The van der Waals surface area contributed by atoms with Gasteiger partial charge in [-0.25, -0.2) is 9.36 Å². The quantitative estimate of drug-likeness (QED) is 0.0434. The van der Waals surface area contributed by atoms with Gasteiger partial charge in [-0.15, -0.1) is 0 Å². The number of pyridine rings is 1. The number of hydrogen-bond acceptors (Lipinski definition) is 4. The fourth-order valence-corrected chi connectivity index (χ4v) is 6.10. The number of ether oxygens (including phenoxy) is 1. The molecule has 0 aliphatic heterocycles. The number of carbonyl (C=O) groups excluding carboxylic acids is 3. The average molecular weight is 673 g/mol. The van der Waals surface area contributed by atoms with Crippen LogP contribution < -0.4 is 15.2 Å². The number of amides is 2. The lowest BCUT2D eigenvalue weighted by Gasteiger charge is -2.18. The minimum absolute atomic E-state index is 0.0684. The van der Waals surface area contributed by atoms with Gasteiger partial charge in [0.2, 0.25) is 11.8 Å². The third-order valence-electron chi connectivity index (χ3n) is 9.21. The van der Waals surface area contributed by atoms with E-state index in [1.165, 1.54) is 89.9 Å². The van der Waals surface area contributed by atoms with Crippen LogP contribution in [0, 0.1) is 0 Å². The first-order valence-electron chi connectivity index (χ1n) is 20.2. The Morgan fingerprint density at radius 3 is 1.67 bits per heavy atom. The van der Waals surface area contributed by atoms with Crippen LogP contribution in [0.1, 0.15) is 187 Å². The summed E-state index contributed by atoms with van der Waals surface area (Å²) in [4.78, 5) is 37.7. The van der Waals surface area contributed by atoms with Crippen molar-refractivity contribution in [3.05, 3.63) is 30.6 Å². The normalized spacial score (nSPS) is 11.7. The van der Waals surface area contributed by atoms with Gasteiger partial charge in [0.15, 0.2) is 12.4 Å². The Morgan fingerprint density at radius 2 is 1.06 bits per heavy atom. The average Bonchev–Trinajstić information content (AvgIpc) is 3.09. The zero-order chi connectivity index (χ0) is 34.8. The SMILES string of the molecule is CCCCCCCCCCCC(=O)NCCCCC(NC(=O)CCCCCC)C(=O)OCCCCCCCCCCC[n+]1ccccc1. The van der Waals surface area contributed by atoms with Crippen LogP contribution in [0.2, 0.25) is 0 Å². The van der Waals surface area contributed by atoms with Crippen molar-refractivity contribution in [2.24, 2.45) is 0 Å².